The number of ether oxygens (including phenoxy) is 1. The summed E-state index contributed by atoms with van der Waals surface area (Å²) in [7, 11) is 1.80. The normalized spacial score (nSPS) is 21.2. The van der Waals surface area contributed by atoms with E-state index in [9.17, 15) is 0 Å². The Kier molecular flexibility index (Phi) is 4.22. The summed E-state index contributed by atoms with van der Waals surface area (Å²) in [6, 6.07) is 10.4. The molecule has 0 amide bonds. The lowest BCUT2D eigenvalue weighted by Crippen LogP contribution is -2.24. The van der Waals surface area contributed by atoms with Gasteiger partial charge in [-0.3, -0.25) is 0 Å². The standard InChI is InChI=1S/C15H17ClN4O/c1-17-12-14(16)18-9-19-15(12)20-11-7-8-21-13(11)10-5-3-2-4-6-10/h2-6,9,11,13,17H,7-8H2,1H3,(H,18,19,20). The van der Waals surface area contributed by atoms with Crippen LogP contribution in [0.4, 0.5) is 11.5 Å². The number of nitrogens with one attached hydrogen (secondary N) is 2. The van der Waals surface area contributed by atoms with Crippen molar-refractivity contribution in [3.05, 3.63) is 47.4 Å². The third kappa shape index (κ3) is 2.94. The van der Waals surface area contributed by atoms with E-state index in [2.05, 4.69) is 32.7 Å². The minimum absolute atomic E-state index is 0.0182. The van der Waals surface area contributed by atoms with Crippen molar-refractivity contribution < 1.29 is 4.74 Å². The van der Waals surface area contributed by atoms with Crippen LogP contribution in [0.25, 0.3) is 0 Å². The molecule has 1 fully saturated rings. The van der Waals surface area contributed by atoms with E-state index < -0.39 is 0 Å². The Labute approximate surface area is 128 Å². The Morgan fingerprint density at radius 1 is 1.24 bits per heavy atom. The van der Waals surface area contributed by atoms with E-state index in [1.807, 2.05) is 18.2 Å². The van der Waals surface area contributed by atoms with Gasteiger partial charge in [0.05, 0.1) is 6.04 Å². The predicted molar refractivity (Wildman–Crippen MR) is 83.8 cm³/mol. The average molecular weight is 305 g/mol. The molecule has 1 aliphatic heterocycles. The quantitative estimate of drug-likeness (QED) is 0.850. The second kappa shape index (κ2) is 6.28. The van der Waals surface area contributed by atoms with Crippen LogP contribution < -0.4 is 10.6 Å². The number of hydrogen-bond donors (Lipinski definition) is 2. The van der Waals surface area contributed by atoms with Gasteiger partial charge in [-0.15, -0.1) is 0 Å². The van der Waals surface area contributed by atoms with Gasteiger partial charge in [0.25, 0.3) is 0 Å². The molecule has 2 aromatic rings. The molecule has 0 radical (unpaired) electrons. The smallest absolute Gasteiger partial charge is 0.157 e. The maximum atomic E-state index is 6.08. The number of aromatic nitrogens is 2. The molecule has 1 saturated heterocycles. The fourth-order valence-electron chi connectivity index (χ4n) is 2.58. The van der Waals surface area contributed by atoms with E-state index in [1.165, 1.54) is 11.9 Å². The molecule has 110 valence electrons. The fourth-order valence-corrected chi connectivity index (χ4v) is 2.81. The highest BCUT2D eigenvalue weighted by Gasteiger charge is 2.30. The molecule has 3 rings (SSSR count). The van der Waals surface area contributed by atoms with Crippen molar-refractivity contribution in [2.45, 2.75) is 18.6 Å². The van der Waals surface area contributed by atoms with Gasteiger partial charge in [-0.05, 0) is 12.0 Å². The lowest BCUT2D eigenvalue weighted by molar-refractivity contribution is 0.107. The van der Waals surface area contributed by atoms with Crippen LogP contribution in [0.2, 0.25) is 5.15 Å². The summed E-state index contributed by atoms with van der Waals surface area (Å²) in [4.78, 5) is 8.26. The molecular weight excluding hydrogens is 288 g/mol. The van der Waals surface area contributed by atoms with E-state index in [-0.39, 0.29) is 12.1 Å². The number of nitrogens with zero attached hydrogens (tertiary/aromatic N) is 2. The van der Waals surface area contributed by atoms with Gasteiger partial charge in [0, 0.05) is 13.7 Å². The Morgan fingerprint density at radius 2 is 2.05 bits per heavy atom. The summed E-state index contributed by atoms with van der Waals surface area (Å²) in [5.41, 5.74) is 1.87. The van der Waals surface area contributed by atoms with Crippen molar-refractivity contribution in [3.63, 3.8) is 0 Å². The number of anilines is 2. The van der Waals surface area contributed by atoms with E-state index >= 15 is 0 Å². The van der Waals surface area contributed by atoms with E-state index in [0.29, 0.717) is 16.7 Å². The molecule has 0 saturated carbocycles. The summed E-state index contributed by atoms with van der Waals surface area (Å²) < 4.78 is 5.87. The Bertz CT molecular complexity index is 608. The second-order valence-corrected chi connectivity index (χ2v) is 5.24. The first-order chi connectivity index (χ1) is 10.3. The van der Waals surface area contributed by atoms with Crippen LogP contribution in [0, 0.1) is 0 Å². The third-order valence-corrected chi connectivity index (χ3v) is 3.88. The first kappa shape index (κ1) is 14.1. The van der Waals surface area contributed by atoms with Crippen LogP contribution >= 0.6 is 11.6 Å². The minimum atomic E-state index is 0.0182. The molecule has 21 heavy (non-hydrogen) atoms. The maximum absolute atomic E-state index is 6.08. The van der Waals surface area contributed by atoms with Crippen molar-refractivity contribution >= 4 is 23.1 Å². The molecule has 5 nitrogen and oxygen atoms in total. The molecule has 2 atom stereocenters. The highest BCUT2D eigenvalue weighted by atomic mass is 35.5. The zero-order chi connectivity index (χ0) is 14.7. The molecule has 0 bridgehead atoms. The van der Waals surface area contributed by atoms with Crippen molar-refractivity contribution in [1.82, 2.24) is 9.97 Å². The summed E-state index contributed by atoms with van der Waals surface area (Å²) in [5.74, 6) is 0.703. The van der Waals surface area contributed by atoms with Gasteiger partial charge in [0.15, 0.2) is 11.0 Å². The van der Waals surface area contributed by atoms with Crippen LogP contribution in [-0.2, 0) is 4.74 Å². The highest BCUT2D eigenvalue weighted by Crippen LogP contribution is 2.33. The van der Waals surface area contributed by atoms with Crippen LogP contribution in [-0.4, -0.2) is 29.7 Å². The fraction of sp³-hybridized carbons (Fsp3) is 0.333. The lowest BCUT2D eigenvalue weighted by atomic mass is 10.0. The van der Waals surface area contributed by atoms with Crippen molar-refractivity contribution in [2.75, 3.05) is 24.3 Å². The van der Waals surface area contributed by atoms with Crippen LogP contribution in [0.3, 0.4) is 0 Å². The van der Waals surface area contributed by atoms with Gasteiger partial charge in [-0.1, -0.05) is 41.9 Å². The Balaban J connectivity index is 1.83. The Hall–Kier alpha value is -1.85. The predicted octanol–water partition coefficient (Wildman–Crippen LogP) is 3.11. The molecule has 1 aromatic carbocycles. The van der Waals surface area contributed by atoms with Crippen molar-refractivity contribution in [3.8, 4) is 0 Å². The molecule has 0 spiro atoms. The number of halogens is 1. The molecule has 6 heteroatoms. The highest BCUT2D eigenvalue weighted by molar-refractivity contribution is 6.32. The molecule has 2 N–H and O–H groups in total. The molecule has 0 aliphatic carbocycles. The van der Waals surface area contributed by atoms with Gasteiger partial charge in [-0.25, -0.2) is 9.97 Å². The van der Waals surface area contributed by atoms with Crippen LogP contribution in [0.15, 0.2) is 36.7 Å². The van der Waals surface area contributed by atoms with Gasteiger partial charge < -0.3 is 15.4 Å². The van der Waals surface area contributed by atoms with Gasteiger partial charge in [0.1, 0.15) is 18.1 Å². The van der Waals surface area contributed by atoms with Gasteiger partial charge in [-0.2, -0.15) is 0 Å². The summed E-state index contributed by atoms with van der Waals surface area (Å²) in [5, 5.41) is 6.87. The van der Waals surface area contributed by atoms with E-state index in [1.54, 1.807) is 7.05 Å². The van der Waals surface area contributed by atoms with Crippen molar-refractivity contribution in [2.24, 2.45) is 0 Å². The number of rotatable bonds is 4. The zero-order valence-corrected chi connectivity index (χ0v) is 12.5. The average Bonchev–Trinajstić information content (AvgIpc) is 2.97. The van der Waals surface area contributed by atoms with Crippen LogP contribution in [0.5, 0.6) is 0 Å². The number of benzene rings is 1. The zero-order valence-electron chi connectivity index (χ0n) is 11.7. The van der Waals surface area contributed by atoms with Crippen molar-refractivity contribution in [1.29, 1.82) is 0 Å². The number of hydrogen-bond acceptors (Lipinski definition) is 5. The molecule has 2 heterocycles. The molecule has 1 aromatic heterocycles. The lowest BCUT2D eigenvalue weighted by Gasteiger charge is -2.22. The SMILES string of the molecule is CNc1c(Cl)ncnc1NC1CCOC1c1ccccc1. The third-order valence-electron chi connectivity index (χ3n) is 3.59. The second-order valence-electron chi connectivity index (χ2n) is 4.88. The molecule has 1 aliphatic rings. The Morgan fingerprint density at radius 3 is 2.81 bits per heavy atom. The molecule has 2 unspecified atom stereocenters. The largest absolute Gasteiger partial charge is 0.383 e. The van der Waals surface area contributed by atoms with Gasteiger partial charge >= 0.3 is 0 Å². The topological polar surface area (TPSA) is 59.1 Å². The molecular formula is C15H17ClN4O. The minimum Gasteiger partial charge on any atom is -0.383 e. The van der Waals surface area contributed by atoms with E-state index in [0.717, 1.165) is 13.0 Å². The first-order valence-corrected chi connectivity index (χ1v) is 7.28. The first-order valence-electron chi connectivity index (χ1n) is 6.91. The maximum Gasteiger partial charge on any atom is 0.157 e. The summed E-state index contributed by atoms with van der Waals surface area (Å²) in [6.07, 6.45) is 2.40. The monoisotopic (exact) mass is 304 g/mol. The van der Waals surface area contributed by atoms with Gasteiger partial charge in [0.2, 0.25) is 0 Å². The van der Waals surface area contributed by atoms with Crippen LogP contribution in [0.1, 0.15) is 18.1 Å². The summed E-state index contributed by atoms with van der Waals surface area (Å²) in [6.45, 7) is 0.727. The summed E-state index contributed by atoms with van der Waals surface area (Å²) >= 11 is 6.08. The van der Waals surface area contributed by atoms with E-state index in [4.69, 9.17) is 16.3 Å².